The highest BCUT2D eigenvalue weighted by atomic mass is 35.5. The molecule has 0 spiro atoms. The van der Waals surface area contributed by atoms with E-state index < -0.39 is 12.0 Å². The van der Waals surface area contributed by atoms with Gasteiger partial charge >= 0.3 is 5.97 Å². The topological polar surface area (TPSA) is 62.5 Å². The molecule has 1 aromatic carbocycles. The van der Waals surface area contributed by atoms with E-state index in [-0.39, 0.29) is 0 Å². The molecule has 0 saturated heterocycles. The number of furan rings is 1. The summed E-state index contributed by atoms with van der Waals surface area (Å²) in [5, 5.41) is 12.8. The molecule has 20 heavy (non-hydrogen) atoms. The quantitative estimate of drug-likeness (QED) is 0.859. The first-order valence-corrected chi connectivity index (χ1v) is 6.69. The molecule has 4 nitrogen and oxygen atoms in total. The van der Waals surface area contributed by atoms with Crippen LogP contribution in [-0.4, -0.2) is 17.1 Å². The van der Waals surface area contributed by atoms with Crippen molar-refractivity contribution in [3.63, 3.8) is 0 Å². The highest BCUT2D eigenvalue weighted by molar-refractivity contribution is 6.31. The minimum Gasteiger partial charge on any atom is -0.480 e. The van der Waals surface area contributed by atoms with E-state index in [9.17, 15) is 9.90 Å². The third-order valence-corrected chi connectivity index (χ3v) is 3.37. The second-order valence-corrected chi connectivity index (χ2v) is 4.99. The van der Waals surface area contributed by atoms with Crippen LogP contribution in [-0.2, 0) is 17.8 Å². The lowest BCUT2D eigenvalue weighted by molar-refractivity contribution is -0.139. The van der Waals surface area contributed by atoms with Gasteiger partial charge in [-0.25, -0.2) is 0 Å². The summed E-state index contributed by atoms with van der Waals surface area (Å²) in [5.74, 6) is 0.612. The van der Waals surface area contributed by atoms with Crippen LogP contribution in [0.15, 0.2) is 40.8 Å². The summed E-state index contributed by atoms with van der Waals surface area (Å²) >= 11 is 6.05. The van der Waals surface area contributed by atoms with Crippen LogP contribution in [0.1, 0.15) is 17.1 Å². The number of halogens is 1. The Morgan fingerprint density at radius 3 is 2.70 bits per heavy atom. The van der Waals surface area contributed by atoms with Crippen molar-refractivity contribution in [2.75, 3.05) is 0 Å². The van der Waals surface area contributed by atoms with Gasteiger partial charge in [-0.2, -0.15) is 0 Å². The summed E-state index contributed by atoms with van der Waals surface area (Å²) in [7, 11) is 0. The first kappa shape index (κ1) is 14.6. The third kappa shape index (κ3) is 3.85. The second kappa shape index (κ2) is 6.59. The van der Waals surface area contributed by atoms with E-state index >= 15 is 0 Å². The van der Waals surface area contributed by atoms with Gasteiger partial charge in [-0.3, -0.25) is 10.1 Å². The maximum absolute atomic E-state index is 11.3. The Balaban J connectivity index is 2.01. The van der Waals surface area contributed by atoms with Gasteiger partial charge in [0, 0.05) is 5.02 Å². The van der Waals surface area contributed by atoms with Gasteiger partial charge in [0.25, 0.3) is 0 Å². The van der Waals surface area contributed by atoms with Crippen molar-refractivity contribution in [2.45, 2.75) is 25.9 Å². The number of benzene rings is 1. The Hall–Kier alpha value is -1.78. The standard InChI is InChI=1S/C15H16ClNO3/c1-10-6-7-12(20-10)9-17-14(15(18)19)8-11-4-2-3-5-13(11)16/h2-7,14,17H,8-9H2,1H3,(H,18,19). The molecule has 2 aromatic rings. The summed E-state index contributed by atoms with van der Waals surface area (Å²) in [6, 6.07) is 10.2. The molecular formula is C15H16ClNO3. The molecule has 2 N–H and O–H groups in total. The Morgan fingerprint density at radius 2 is 2.10 bits per heavy atom. The lowest BCUT2D eigenvalue weighted by Crippen LogP contribution is -2.38. The molecular weight excluding hydrogens is 278 g/mol. The first-order chi connectivity index (χ1) is 9.56. The third-order valence-electron chi connectivity index (χ3n) is 3.00. The molecule has 0 aliphatic heterocycles. The predicted molar refractivity (Wildman–Crippen MR) is 76.9 cm³/mol. The van der Waals surface area contributed by atoms with Crippen LogP contribution in [0.25, 0.3) is 0 Å². The molecule has 1 unspecified atom stereocenters. The van der Waals surface area contributed by atoms with Gasteiger partial charge in [-0.05, 0) is 37.1 Å². The molecule has 0 fully saturated rings. The fraction of sp³-hybridized carbons (Fsp3) is 0.267. The van der Waals surface area contributed by atoms with Crippen LogP contribution in [0.2, 0.25) is 5.02 Å². The first-order valence-electron chi connectivity index (χ1n) is 6.31. The molecule has 0 bridgehead atoms. The summed E-state index contributed by atoms with van der Waals surface area (Å²) in [5.41, 5.74) is 0.810. The molecule has 1 aromatic heterocycles. The molecule has 1 heterocycles. The largest absolute Gasteiger partial charge is 0.480 e. The molecule has 1 atom stereocenters. The number of carboxylic acids is 1. The van der Waals surface area contributed by atoms with Crippen molar-refractivity contribution in [1.82, 2.24) is 5.32 Å². The van der Waals surface area contributed by atoms with Crippen LogP contribution < -0.4 is 5.32 Å². The predicted octanol–water partition coefficient (Wildman–Crippen LogP) is 3.03. The number of aryl methyl sites for hydroxylation is 1. The minimum absolute atomic E-state index is 0.328. The zero-order chi connectivity index (χ0) is 14.5. The average Bonchev–Trinajstić information content (AvgIpc) is 2.82. The molecule has 0 saturated carbocycles. The van der Waals surface area contributed by atoms with Crippen LogP contribution >= 0.6 is 11.6 Å². The molecule has 0 amide bonds. The molecule has 0 radical (unpaired) electrons. The fourth-order valence-corrected chi connectivity index (χ4v) is 2.15. The van der Waals surface area contributed by atoms with Crippen LogP contribution in [0.4, 0.5) is 0 Å². The van der Waals surface area contributed by atoms with E-state index in [1.54, 1.807) is 6.07 Å². The van der Waals surface area contributed by atoms with Gasteiger partial charge in [0.15, 0.2) is 0 Å². The van der Waals surface area contributed by atoms with Crippen molar-refractivity contribution in [3.8, 4) is 0 Å². The Bertz CT molecular complexity index is 594. The minimum atomic E-state index is -0.909. The summed E-state index contributed by atoms with van der Waals surface area (Å²) in [6.45, 7) is 2.22. The SMILES string of the molecule is Cc1ccc(CNC(Cc2ccccc2Cl)C(=O)O)o1. The number of hydrogen-bond acceptors (Lipinski definition) is 3. The number of rotatable bonds is 6. The van der Waals surface area contributed by atoms with E-state index in [1.807, 2.05) is 37.3 Å². The number of carbonyl (C=O) groups is 1. The van der Waals surface area contributed by atoms with E-state index in [4.69, 9.17) is 16.0 Å². The second-order valence-electron chi connectivity index (χ2n) is 4.58. The van der Waals surface area contributed by atoms with Gasteiger partial charge in [0.05, 0.1) is 6.54 Å². The number of carboxylic acid groups (broad SMARTS) is 1. The smallest absolute Gasteiger partial charge is 0.321 e. The fourth-order valence-electron chi connectivity index (χ4n) is 1.93. The van der Waals surface area contributed by atoms with Gasteiger partial charge < -0.3 is 9.52 Å². The maximum atomic E-state index is 11.3. The van der Waals surface area contributed by atoms with Gasteiger partial charge in [-0.1, -0.05) is 29.8 Å². The highest BCUT2D eigenvalue weighted by Crippen LogP contribution is 2.17. The van der Waals surface area contributed by atoms with Crippen LogP contribution in [0.5, 0.6) is 0 Å². The van der Waals surface area contributed by atoms with Crippen molar-refractivity contribution >= 4 is 17.6 Å². The molecule has 0 aliphatic rings. The van der Waals surface area contributed by atoms with E-state index in [0.717, 1.165) is 11.3 Å². The maximum Gasteiger partial charge on any atom is 0.321 e. The monoisotopic (exact) mass is 293 g/mol. The number of hydrogen-bond donors (Lipinski definition) is 2. The lowest BCUT2D eigenvalue weighted by Gasteiger charge is -2.14. The van der Waals surface area contributed by atoms with Gasteiger partial charge in [0.2, 0.25) is 0 Å². The summed E-state index contributed by atoms with van der Waals surface area (Å²) in [4.78, 5) is 11.3. The van der Waals surface area contributed by atoms with Crippen LogP contribution in [0, 0.1) is 6.92 Å². The average molecular weight is 294 g/mol. The van der Waals surface area contributed by atoms with E-state index in [2.05, 4.69) is 5.32 Å². The van der Waals surface area contributed by atoms with Gasteiger partial charge in [-0.15, -0.1) is 0 Å². The molecule has 5 heteroatoms. The van der Waals surface area contributed by atoms with Crippen LogP contribution in [0.3, 0.4) is 0 Å². The molecule has 0 aliphatic carbocycles. The van der Waals surface area contributed by atoms with Crippen molar-refractivity contribution in [3.05, 3.63) is 58.5 Å². The van der Waals surface area contributed by atoms with E-state index in [0.29, 0.717) is 23.7 Å². The van der Waals surface area contributed by atoms with Gasteiger partial charge in [0.1, 0.15) is 17.6 Å². The normalized spacial score (nSPS) is 12.3. The molecule has 2 rings (SSSR count). The Kier molecular flexibility index (Phi) is 4.82. The van der Waals surface area contributed by atoms with E-state index in [1.165, 1.54) is 0 Å². The molecule has 106 valence electrons. The summed E-state index contributed by atoms with van der Waals surface area (Å²) in [6.07, 6.45) is 0.328. The lowest BCUT2D eigenvalue weighted by atomic mass is 10.1. The van der Waals surface area contributed by atoms with Crippen molar-refractivity contribution in [1.29, 1.82) is 0 Å². The Labute approximate surface area is 122 Å². The summed E-state index contributed by atoms with van der Waals surface area (Å²) < 4.78 is 5.41. The zero-order valence-corrected chi connectivity index (χ0v) is 11.9. The van der Waals surface area contributed by atoms with Crippen molar-refractivity contribution < 1.29 is 14.3 Å². The van der Waals surface area contributed by atoms with Crippen molar-refractivity contribution in [2.24, 2.45) is 0 Å². The number of aliphatic carboxylic acids is 1. The Morgan fingerprint density at radius 1 is 1.35 bits per heavy atom. The number of nitrogens with one attached hydrogen (secondary N) is 1. The highest BCUT2D eigenvalue weighted by Gasteiger charge is 2.19. The zero-order valence-electron chi connectivity index (χ0n) is 11.1.